The molecule has 6 nitrogen and oxygen atoms in total. The van der Waals surface area contributed by atoms with Gasteiger partial charge in [0.15, 0.2) is 0 Å². The summed E-state index contributed by atoms with van der Waals surface area (Å²) in [6, 6.07) is 13.6. The fraction of sp³-hybridized carbons (Fsp3) is 0.263. The lowest BCUT2D eigenvalue weighted by atomic mass is 10.1. The van der Waals surface area contributed by atoms with Crippen LogP contribution in [0.2, 0.25) is 5.02 Å². The molecule has 0 fully saturated rings. The Balaban J connectivity index is 1.70. The van der Waals surface area contributed by atoms with Crippen LogP contribution in [-0.2, 0) is 13.1 Å². The number of methoxy groups -OCH3 is 1. The molecule has 3 N–H and O–H groups in total. The van der Waals surface area contributed by atoms with Crippen molar-refractivity contribution in [2.24, 2.45) is 0 Å². The second kappa shape index (κ2) is 8.42. The van der Waals surface area contributed by atoms with Crippen molar-refractivity contribution >= 4 is 22.5 Å². The lowest BCUT2D eigenvalue weighted by Gasteiger charge is -2.12. The van der Waals surface area contributed by atoms with Crippen molar-refractivity contribution in [1.82, 2.24) is 20.9 Å². The summed E-state index contributed by atoms with van der Waals surface area (Å²) in [5.74, 6) is 1.49. The Morgan fingerprint density at radius 3 is 2.58 bits per heavy atom. The van der Waals surface area contributed by atoms with Gasteiger partial charge in [0.25, 0.3) is 0 Å². The number of nitrogens with zero attached hydrogens (tertiary/aromatic N) is 1. The topological polar surface area (TPSA) is 61.6 Å². The summed E-state index contributed by atoms with van der Waals surface area (Å²) in [4.78, 5) is 11.1. The zero-order chi connectivity index (χ0) is 18.5. The van der Waals surface area contributed by atoms with Crippen molar-refractivity contribution in [3.63, 3.8) is 0 Å². The van der Waals surface area contributed by atoms with Gasteiger partial charge in [-0.05, 0) is 50.0 Å². The first kappa shape index (κ1) is 18.5. The summed E-state index contributed by atoms with van der Waals surface area (Å²) in [7, 11) is 5.71. The molecule has 0 amide bonds. The van der Waals surface area contributed by atoms with E-state index in [1.807, 2.05) is 56.6 Å². The standard InChI is InChI=1S/C19H23ClN4O2/c1-24(2)12-17-16-10-15(25-3)8-9-18(16)22-19(17)26-23-21-11-13-4-6-14(20)7-5-13/h4-10,21-23H,11-12H2,1-3H3. The molecule has 3 aromatic rings. The van der Waals surface area contributed by atoms with Crippen LogP contribution in [0.4, 0.5) is 0 Å². The van der Waals surface area contributed by atoms with Crippen LogP contribution in [0.15, 0.2) is 42.5 Å². The van der Waals surface area contributed by atoms with Crippen molar-refractivity contribution in [3.05, 3.63) is 58.6 Å². The number of aromatic amines is 1. The Morgan fingerprint density at radius 1 is 1.12 bits per heavy atom. The highest BCUT2D eigenvalue weighted by Crippen LogP contribution is 2.31. The molecule has 138 valence electrons. The Hall–Kier alpha value is -2.25. The van der Waals surface area contributed by atoms with Gasteiger partial charge < -0.3 is 19.5 Å². The zero-order valence-corrected chi connectivity index (χ0v) is 15.9. The van der Waals surface area contributed by atoms with E-state index in [4.69, 9.17) is 21.2 Å². The summed E-state index contributed by atoms with van der Waals surface area (Å²) >= 11 is 5.89. The van der Waals surface area contributed by atoms with Crippen LogP contribution in [0.25, 0.3) is 10.9 Å². The van der Waals surface area contributed by atoms with Crippen LogP contribution >= 0.6 is 11.6 Å². The lowest BCUT2D eigenvalue weighted by molar-refractivity contribution is 0.138. The highest BCUT2D eigenvalue weighted by Gasteiger charge is 2.15. The first-order valence-corrected chi connectivity index (χ1v) is 8.67. The summed E-state index contributed by atoms with van der Waals surface area (Å²) < 4.78 is 5.34. The molecular formula is C19H23ClN4O2. The van der Waals surface area contributed by atoms with Crippen molar-refractivity contribution in [2.75, 3.05) is 21.2 Å². The summed E-state index contributed by atoms with van der Waals surface area (Å²) in [5, 5.41) is 1.80. The largest absolute Gasteiger partial charge is 0.497 e. The molecule has 1 aromatic heterocycles. The summed E-state index contributed by atoms with van der Waals surface area (Å²) in [6.07, 6.45) is 0. The van der Waals surface area contributed by atoms with Crippen LogP contribution in [0.1, 0.15) is 11.1 Å². The first-order valence-electron chi connectivity index (χ1n) is 8.29. The number of nitrogens with one attached hydrogen (secondary N) is 3. The van der Waals surface area contributed by atoms with E-state index in [-0.39, 0.29) is 0 Å². The van der Waals surface area contributed by atoms with Crippen LogP contribution < -0.4 is 20.6 Å². The van der Waals surface area contributed by atoms with Gasteiger partial charge >= 0.3 is 0 Å². The van der Waals surface area contributed by atoms with Crippen molar-refractivity contribution in [2.45, 2.75) is 13.1 Å². The van der Waals surface area contributed by atoms with Gasteiger partial charge in [-0.25, -0.2) is 5.43 Å². The number of hydrogen-bond acceptors (Lipinski definition) is 5. The highest BCUT2D eigenvalue weighted by molar-refractivity contribution is 6.30. The normalized spacial score (nSPS) is 11.3. The molecule has 2 aromatic carbocycles. The van der Waals surface area contributed by atoms with Gasteiger partial charge in [-0.2, -0.15) is 0 Å². The maximum absolute atomic E-state index is 5.89. The molecule has 0 radical (unpaired) electrons. The van der Waals surface area contributed by atoms with Crippen LogP contribution in [0.5, 0.6) is 11.6 Å². The average Bonchev–Trinajstić information content (AvgIpc) is 2.96. The number of ether oxygens (including phenoxy) is 1. The van der Waals surface area contributed by atoms with Crippen molar-refractivity contribution in [3.8, 4) is 11.6 Å². The predicted octanol–water partition coefficient (Wildman–Crippen LogP) is 3.48. The van der Waals surface area contributed by atoms with E-state index in [1.54, 1.807) is 7.11 Å². The number of halogens is 1. The molecule has 7 heteroatoms. The lowest BCUT2D eigenvalue weighted by Crippen LogP contribution is -2.34. The van der Waals surface area contributed by atoms with E-state index in [0.717, 1.165) is 39.3 Å². The third-order valence-electron chi connectivity index (χ3n) is 3.98. The maximum Gasteiger partial charge on any atom is 0.223 e. The molecule has 0 spiro atoms. The van der Waals surface area contributed by atoms with Crippen molar-refractivity contribution < 1.29 is 9.57 Å². The van der Waals surface area contributed by atoms with Gasteiger partial charge in [0, 0.05) is 34.6 Å². The van der Waals surface area contributed by atoms with E-state index in [2.05, 4.69) is 20.9 Å². The number of rotatable bonds is 8. The number of benzene rings is 2. The third-order valence-corrected chi connectivity index (χ3v) is 4.23. The molecule has 0 atom stereocenters. The van der Waals surface area contributed by atoms with Gasteiger partial charge in [-0.3, -0.25) is 0 Å². The number of fused-ring (bicyclic) bond motifs is 1. The van der Waals surface area contributed by atoms with E-state index in [9.17, 15) is 0 Å². The quantitative estimate of drug-likeness (QED) is 0.416. The molecule has 0 saturated carbocycles. The van der Waals surface area contributed by atoms with E-state index < -0.39 is 0 Å². The maximum atomic E-state index is 5.89. The van der Waals surface area contributed by atoms with E-state index in [0.29, 0.717) is 12.4 Å². The van der Waals surface area contributed by atoms with E-state index in [1.165, 1.54) is 0 Å². The molecule has 0 saturated heterocycles. The zero-order valence-electron chi connectivity index (χ0n) is 15.1. The molecule has 0 unspecified atom stereocenters. The average molecular weight is 375 g/mol. The Kier molecular flexibility index (Phi) is 6.00. The van der Waals surface area contributed by atoms with Gasteiger partial charge in [0.05, 0.1) is 7.11 Å². The minimum Gasteiger partial charge on any atom is -0.497 e. The Labute approximate surface area is 158 Å². The second-order valence-corrected chi connectivity index (χ2v) is 6.70. The Morgan fingerprint density at radius 2 is 1.88 bits per heavy atom. The summed E-state index contributed by atoms with van der Waals surface area (Å²) in [6.45, 7) is 1.34. The SMILES string of the molecule is COc1ccc2[nH]c(ONNCc3ccc(Cl)cc3)c(CN(C)C)c2c1. The fourth-order valence-electron chi connectivity index (χ4n) is 2.72. The van der Waals surface area contributed by atoms with Gasteiger partial charge in [0.2, 0.25) is 5.88 Å². The number of aromatic nitrogens is 1. The molecular weight excluding hydrogens is 352 g/mol. The molecule has 3 rings (SSSR count). The van der Waals surface area contributed by atoms with Gasteiger partial charge in [-0.15, -0.1) is 0 Å². The van der Waals surface area contributed by atoms with Crippen LogP contribution in [0.3, 0.4) is 0 Å². The molecule has 1 heterocycles. The van der Waals surface area contributed by atoms with Crippen LogP contribution in [0, 0.1) is 0 Å². The molecule has 0 bridgehead atoms. The molecule has 26 heavy (non-hydrogen) atoms. The molecule has 0 aliphatic rings. The molecule has 0 aliphatic heterocycles. The minimum atomic E-state index is 0.605. The molecule has 0 aliphatic carbocycles. The summed E-state index contributed by atoms with van der Waals surface area (Å²) in [5.41, 5.74) is 9.00. The number of H-pyrrole nitrogens is 1. The minimum absolute atomic E-state index is 0.605. The fourth-order valence-corrected chi connectivity index (χ4v) is 2.84. The predicted molar refractivity (Wildman–Crippen MR) is 104 cm³/mol. The Bertz CT molecular complexity index is 862. The van der Waals surface area contributed by atoms with Gasteiger partial charge in [0.1, 0.15) is 5.75 Å². The second-order valence-electron chi connectivity index (χ2n) is 6.27. The number of hydrogen-bond donors (Lipinski definition) is 3. The smallest absolute Gasteiger partial charge is 0.223 e. The van der Waals surface area contributed by atoms with E-state index >= 15 is 0 Å². The van der Waals surface area contributed by atoms with Crippen LogP contribution in [-0.4, -0.2) is 31.1 Å². The number of hydrazine groups is 1. The van der Waals surface area contributed by atoms with Gasteiger partial charge in [-0.1, -0.05) is 29.3 Å². The third kappa shape index (κ3) is 4.47. The monoisotopic (exact) mass is 374 g/mol. The highest BCUT2D eigenvalue weighted by atomic mass is 35.5. The van der Waals surface area contributed by atoms with Crippen molar-refractivity contribution in [1.29, 1.82) is 0 Å². The first-order chi connectivity index (χ1) is 12.6.